The lowest BCUT2D eigenvalue weighted by Gasteiger charge is -2.22. The average molecular weight is 355 g/mol. The first kappa shape index (κ1) is 17.8. The second kappa shape index (κ2) is 7.47. The van der Waals surface area contributed by atoms with E-state index in [1.54, 1.807) is 58.8 Å². The fraction of sp³-hybridized carbons (Fsp3) is 0.300. The highest BCUT2D eigenvalue weighted by molar-refractivity contribution is 6.52. The van der Waals surface area contributed by atoms with Crippen molar-refractivity contribution in [2.75, 3.05) is 35.0 Å². The standard InChI is InChI=1S/C20H21NO5/c1-23-13-7-5-12(6-8-13)18(22)17-15-11-16(24-2)20(26-4)19(25-3)14(15)9-10-21-17/h5-8,11H,9-10H2,1-4H3. The molecule has 0 fully saturated rings. The Bertz CT molecular complexity index is 855. The molecule has 0 saturated carbocycles. The van der Waals surface area contributed by atoms with Crippen molar-refractivity contribution < 1.29 is 23.7 Å². The highest BCUT2D eigenvalue weighted by Gasteiger charge is 2.28. The number of ether oxygens (including phenoxy) is 4. The van der Waals surface area contributed by atoms with Crippen LogP contribution in [0.25, 0.3) is 0 Å². The van der Waals surface area contributed by atoms with Gasteiger partial charge < -0.3 is 18.9 Å². The zero-order chi connectivity index (χ0) is 18.7. The van der Waals surface area contributed by atoms with Crippen molar-refractivity contribution in [3.63, 3.8) is 0 Å². The lowest BCUT2D eigenvalue weighted by atomic mass is 9.91. The summed E-state index contributed by atoms with van der Waals surface area (Å²) in [6, 6.07) is 8.77. The molecule has 6 heteroatoms. The first-order chi connectivity index (χ1) is 12.6. The Morgan fingerprint density at radius 3 is 2.19 bits per heavy atom. The maximum Gasteiger partial charge on any atom is 0.211 e. The molecule has 26 heavy (non-hydrogen) atoms. The van der Waals surface area contributed by atoms with Crippen molar-refractivity contribution >= 4 is 11.5 Å². The van der Waals surface area contributed by atoms with Gasteiger partial charge in [-0.15, -0.1) is 0 Å². The molecule has 0 unspecified atom stereocenters. The van der Waals surface area contributed by atoms with Crippen molar-refractivity contribution in [1.82, 2.24) is 0 Å². The number of fused-ring (bicyclic) bond motifs is 1. The molecule has 0 aromatic heterocycles. The van der Waals surface area contributed by atoms with E-state index < -0.39 is 0 Å². The Morgan fingerprint density at radius 1 is 0.923 bits per heavy atom. The van der Waals surface area contributed by atoms with Crippen LogP contribution in [-0.2, 0) is 6.42 Å². The SMILES string of the molecule is COc1ccc(C(=O)C2=NCCc3c2cc(OC)c(OC)c3OC)cc1. The fourth-order valence-electron chi connectivity index (χ4n) is 3.11. The summed E-state index contributed by atoms with van der Waals surface area (Å²) in [5, 5.41) is 0. The van der Waals surface area contributed by atoms with Crippen molar-refractivity contribution in [2.45, 2.75) is 6.42 Å². The van der Waals surface area contributed by atoms with Gasteiger partial charge in [0.2, 0.25) is 11.5 Å². The van der Waals surface area contributed by atoms with Crippen LogP contribution in [0.2, 0.25) is 0 Å². The number of methoxy groups -OCH3 is 4. The third kappa shape index (κ3) is 2.98. The van der Waals surface area contributed by atoms with Crippen LogP contribution in [0, 0.1) is 0 Å². The molecule has 1 heterocycles. The Balaban J connectivity index is 2.09. The van der Waals surface area contributed by atoms with Crippen LogP contribution in [0.4, 0.5) is 0 Å². The number of hydrogen-bond donors (Lipinski definition) is 0. The van der Waals surface area contributed by atoms with Gasteiger partial charge in [0, 0.05) is 23.2 Å². The minimum absolute atomic E-state index is 0.150. The molecule has 3 rings (SSSR count). The van der Waals surface area contributed by atoms with E-state index in [9.17, 15) is 4.79 Å². The molecular weight excluding hydrogens is 334 g/mol. The van der Waals surface area contributed by atoms with Crippen molar-refractivity contribution in [2.24, 2.45) is 4.99 Å². The first-order valence-corrected chi connectivity index (χ1v) is 8.20. The Kier molecular flexibility index (Phi) is 5.11. The van der Waals surface area contributed by atoms with Gasteiger partial charge in [-0.2, -0.15) is 0 Å². The highest BCUT2D eigenvalue weighted by atomic mass is 16.5. The topological polar surface area (TPSA) is 66.4 Å². The van der Waals surface area contributed by atoms with Crippen LogP contribution < -0.4 is 18.9 Å². The maximum atomic E-state index is 13.0. The molecule has 0 aliphatic carbocycles. The van der Waals surface area contributed by atoms with E-state index in [1.807, 2.05) is 0 Å². The zero-order valence-electron chi connectivity index (χ0n) is 15.3. The number of ketones is 1. The molecule has 0 spiro atoms. The lowest BCUT2D eigenvalue weighted by molar-refractivity contribution is 0.106. The molecule has 2 aromatic rings. The minimum atomic E-state index is -0.150. The molecule has 0 N–H and O–H groups in total. The fourth-order valence-corrected chi connectivity index (χ4v) is 3.11. The van der Waals surface area contributed by atoms with E-state index in [4.69, 9.17) is 18.9 Å². The number of hydrogen-bond acceptors (Lipinski definition) is 6. The van der Waals surface area contributed by atoms with Crippen molar-refractivity contribution in [1.29, 1.82) is 0 Å². The summed E-state index contributed by atoms with van der Waals surface area (Å²) in [5.74, 6) is 2.15. The second-order valence-electron chi connectivity index (χ2n) is 5.71. The van der Waals surface area contributed by atoms with E-state index in [1.165, 1.54) is 0 Å². The van der Waals surface area contributed by atoms with Gasteiger partial charge in [-0.25, -0.2) is 0 Å². The predicted octanol–water partition coefficient (Wildman–Crippen LogP) is 2.95. The van der Waals surface area contributed by atoms with E-state index in [-0.39, 0.29) is 5.78 Å². The summed E-state index contributed by atoms with van der Waals surface area (Å²) in [6.07, 6.45) is 0.665. The van der Waals surface area contributed by atoms with Gasteiger partial charge in [0.1, 0.15) is 11.5 Å². The normalized spacial score (nSPS) is 12.7. The van der Waals surface area contributed by atoms with Crippen LogP contribution in [0.5, 0.6) is 23.0 Å². The molecule has 6 nitrogen and oxygen atoms in total. The minimum Gasteiger partial charge on any atom is -0.497 e. The Morgan fingerprint density at radius 2 is 1.62 bits per heavy atom. The number of carbonyl (C=O) groups is 1. The van der Waals surface area contributed by atoms with Crippen LogP contribution in [0.3, 0.4) is 0 Å². The summed E-state index contributed by atoms with van der Waals surface area (Å²) in [5.41, 5.74) is 2.56. The van der Waals surface area contributed by atoms with E-state index in [2.05, 4.69) is 4.99 Å². The molecule has 1 aliphatic rings. The number of benzene rings is 2. The maximum absolute atomic E-state index is 13.0. The molecule has 1 aliphatic heterocycles. The van der Waals surface area contributed by atoms with Gasteiger partial charge in [-0.1, -0.05) is 0 Å². The first-order valence-electron chi connectivity index (χ1n) is 8.20. The Labute approximate surface area is 152 Å². The van der Waals surface area contributed by atoms with E-state index in [0.29, 0.717) is 52.8 Å². The quantitative estimate of drug-likeness (QED) is 0.746. The van der Waals surface area contributed by atoms with E-state index in [0.717, 1.165) is 5.56 Å². The molecule has 0 amide bonds. The number of nitrogens with zero attached hydrogens (tertiary/aromatic N) is 1. The van der Waals surface area contributed by atoms with Gasteiger partial charge in [0.05, 0.1) is 28.4 Å². The number of aliphatic imine (C=N–C) groups is 1. The van der Waals surface area contributed by atoms with Crippen molar-refractivity contribution in [3.8, 4) is 23.0 Å². The largest absolute Gasteiger partial charge is 0.497 e. The van der Waals surface area contributed by atoms with Gasteiger partial charge in [-0.05, 0) is 36.8 Å². The summed E-state index contributed by atoms with van der Waals surface area (Å²) < 4.78 is 21.6. The van der Waals surface area contributed by atoms with Crippen LogP contribution >= 0.6 is 0 Å². The average Bonchev–Trinajstić information content (AvgIpc) is 2.71. The molecule has 0 atom stereocenters. The zero-order valence-corrected chi connectivity index (χ0v) is 15.3. The van der Waals surface area contributed by atoms with Crippen LogP contribution in [0.1, 0.15) is 21.5 Å². The van der Waals surface area contributed by atoms with Gasteiger partial charge >= 0.3 is 0 Å². The van der Waals surface area contributed by atoms with Crippen LogP contribution in [-0.4, -0.2) is 46.5 Å². The predicted molar refractivity (Wildman–Crippen MR) is 98.5 cm³/mol. The van der Waals surface area contributed by atoms with Crippen molar-refractivity contribution in [3.05, 3.63) is 47.0 Å². The van der Waals surface area contributed by atoms with Crippen LogP contribution in [0.15, 0.2) is 35.3 Å². The number of rotatable bonds is 6. The monoisotopic (exact) mass is 355 g/mol. The lowest BCUT2D eigenvalue weighted by Crippen LogP contribution is -2.23. The molecule has 0 radical (unpaired) electrons. The number of Topliss-reactive ketones (excluding diaryl/α,β-unsaturated/α-hetero) is 1. The number of carbonyl (C=O) groups excluding carboxylic acids is 1. The third-order valence-electron chi connectivity index (χ3n) is 4.39. The summed E-state index contributed by atoms with van der Waals surface area (Å²) in [4.78, 5) is 17.5. The van der Waals surface area contributed by atoms with E-state index >= 15 is 0 Å². The molecular formula is C20H21NO5. The second-order valence-corrected chi connectivity index (χ2v) is 5.71. The highest BCUT2D eigenvalue weighted by Crippen LogP contribution is 2.43. The summed E-state index contributed by atoms with van der Waals surface area (Å²) in [7, 11) is 6.28. The third-order valence-corrected chi connectivity index (χ3v) is 4.39. The molecule has 0 saturated heterocycles. The molecule has 0 bridgehead atoms. The molecule has 136 valence electrons. The summed E-state index contributed by atoms with van der Waals surface area (Å²) >= 11 is 0. The molecule has 2 aromatic carbocycles. The van der Waals surface area contributed by atoms with Gasteiger partial charge in [0.15, 0.2) is 11.5 Å². The van der Waals surface area contributed by atoms with Gasteiger partial charge in [-0.3, -0.25) is 9.79 Å². The summed E-state index contributed by atoms with van der Waals surface area (Å²) in [6.45, 7) is 0.510. The van der Waals surface area contributed by atoms with Gasteiger partial charge in [0.25, 0.3) is 0 Å². The smallest absolute Gasteiger partial charge is 0.211 e. The Hall–Kier alpha value is -3.02.